The lowest BCUT2D eigenvalue weighted by Crippen LogP contribution is -2.56. The lowest BCUT2D eigenvalue weighted by molar-refractivity contribution is -0.139. The average Bonchev–Trinajstić information content (AvgIpc) is 2.74. The monoisotopic (exact) mass is 301 g/mol. The fourth-order valence-electron chi connectivity index (χ4n) is 2.49. The van der Waals surface area contributed by atoms with Gasteiger partial charge >= 0.3 is 0 Å². The fourth-order valence-corrected chi connectivity index (χ4v) is 2.49. The van der Waals surface area contributed by atoms with Crippen LogP contribution in [-0.2, 0) is 11.2 Å². The third kappa shape index (κ3) is 2.95. The van der Waals surface area contributed by atoms with Crippen molar-refractivity contribution < 1.29 is 14.1 Å². The number of likely N-dealkylation sites (tertiary alicyclic amines) is 1. The number of aromatic nitrogens is 2. The van der Waals surface area contributed by atoms with Gasteiger partial charge < -0.3 is 14.2 Å². The number of carbonyl (C=O) groups excluding carboxylic acids is 1. The summed E-state index contributed by atoms with van der Waals surface area (Å²) in [6, 6.07) is 5.67. The van der Waals surface area contributed by atoms with Crippen LogP contribution in [0.5, 0.6) is 5.88 Å². The van der Waals surface area contributed by atoms with Crippen LogP contribution in [0.4, 0.5) is 0 Å². The van der Waals surface area contributed by atoms with E-state index < -0.39 is 0 Å². The van der Waals surface area contributed by atoms with Gasteiger partial charge in [-0.3, -0.25) is 4.79 Å². The Kier molecular flexibility index (Phi) is 3.83. The van der Waals surface area contributed by atoms with Crippen molar-refractivity contribution in [3.63, 3.8) is 0 Å². The maximum Gasteiger partial charge on any atom is 0.227 e. The first-order valence-electron chi connectivity index (χ1n) is 7.33. The molecule has 2 aromatic heterocycles. The van der Waals surface area contributed by atoms with Crippen LogP contribution in [0.15, 0.2) is 22.7 Å². The van der Waals surface area contributed by atoms with Crippen LogP contribution < -0.4 is 4.74 Å². The Hall–Kier alpha value is -2.37. The SMILES string of the molecule is Cc1cccc(OC2CN(C(=O)Cc3c(C)noc3C)C2)n1. The topological polar surface area (TPSA) is 68.5 Å². The quantitative estimate of drug-likeness (QED) is 0.861. The summed E-state index contributed by atoms with van der Waals surface area (Å²) in [5, 5.41) is 3.87. The predicted octanol–water partition coefficient (Wildman–Crippen LogP) is 1.83. The second kappa shape index (κ2) is 5.79. The molecule has 2 aromatic rings. The number of rotatable bonds is 4. The normalized spacial score (nSPS) is 14.8. The molecule has 1 aliphatic rings. The maximum absolute atomic E-state index is 12.2. The van der Waals surface area contributed by atoms with E-state index in [0.29, 0.717) is 31.2 Å². The molecule has 6 nitrogen and oxygen atoms in total. The second-order valence-corrected chi connectivity index (χ2v) is 5.64. The van der Waals surface area contributed by atoms with Crippen LogP contribution >= 0.6 is 0 Å². The van der Waals surface area contributed by atoms with Gasteiger partial charge in [0, 0.05) is 17.3 Å². The summed E-state index contributed by atoms with van der Waals surface area (Å²) in [6.07, 6.45) is 0.347. The molecular formula is C16H19N3O3. The van der Waals surface area contributed by atoms with Gasteiger partial charge in [0.1, 0.15) is 11.9 Å². The molecule has 22 heavy (non-hydrogen) atoms. The van der Waals surface area contributed by atoms with Gasteiger partial charge in [-0.1, -0.05) is 11.2 Å². The highest BCUT2D eigenvalue weighted by atomic mass is 16.5. The smallest absolute Gasteiger partial charge is 0.227 e. The van der Waals surface area contributed by atoms with Gasteiger partial charge in [-0.25, -0.2) is 4.98 Å². The molecule has 0 saturated carbocycles. The summed E-state index contributed by atoms with van der Waals surface area (Å²) >= 11 is 0. The van der Waals surface area contributed by atoms with E-state index in [9.17, 15) is 4.79 Å². The van der Waals surface area contributed by atoms with E-state index in [0.717, 1.165) is 17.0 Å². The standard InChI is InChI=1S/C16H19N3O3/c1-10-5-4-6-15(17-10)21-13-8-19(9-13)16(20)7-14-11(2)18-22-12(14)3/h4-6,13H,7-9H2,1-3H3. The molecule has 0 atom stereocenters. The van der Waals surface area contributed by atoms with E-state index in [1.807, 2.05) is 39.0 Å². The first-order chi connectivity index (χ1) is 10.5. The highest BCUT2D eigenvalue weighted by Crippen LogP contribution is 2.19. The van der Waals surface area contributed by atoms with E-state index in [4.69, 9.17) is 9.26 Å². The molecule has 3 heterocycles. The molecule has 3 rings (SSSR count). The Morgan fingerprint density at radius 3 is 2.77 bits per heavy atom. The van der Waals surface area contributed by atoms with Crippen molar-refractivity contribution in [3.8, 4) is 5.88 Å². The van der Waals surface area contributed by atoms with E-state index in [2.05, 4.69) is 10.1 Å². The number of aryl methyl sites for hydroxylation is 3. The molecule has 1 amide bonds. The lowest BCUT2D eigenvalue weighted by atomic mass is 10.1. The molecule has 6 heteroatoms. The number of nitrogens with zero attached hydrogens (tertiary/aromatic N) is 3. The summed E-state index contributed by atoms with van der Waals surface area (Å²) in [5.74, 6) is 1.40. The second-order valence-electron chi connectivity index (χ2n) is 5.64. The van der Waals surface area contributed by atoms with Gasteiger partial charge in [-0.05, 0) is 26.8 Å². The van der Waals surface area contributed by atoms with Gasteiger partial charge in [-0.2, -0.15) is 0 Å². The molecule has 0 spiro atoms. The van der Waals surface area contributed by atoms with E-state index in [1.54, 1.807) is 4.90 Å². The van der Waals surface area contributed by atoms with Gasteiger partial charge in [0.25, 0.3) is 0 Å². The highest BCUT2D eigenvalue weighted by molar-refractivity contribution is 5.80. The molecule has 0 radical (unpaired) electrons. The summed E-state index contributed by atoms with van der Waals surface area (Å²) in [5.41, 5.74) is 2.58. The molecule has 116 valence electrons. The Labute approximate surface area is 129 Å². The van der Waals surface area contributed by atoms with E-state index in [1.165, 1.54) is 0 Å². The molecule has 0 unspecified atom stereocenters. The molecule has 1 fully saturated rings. The summed E-state index contributed by atoms with van der Waals surface area (Å²) in [4.78, 5) is 18.3. The van der Waals surface area contributed by atoms with Crippen LogP contribution in [0.1, 0.15) is 22.7 Å². The van der Waals surface area contributed by atoms with Crippen LogP contribution in [0, 0.1) is 20.8 Å². The van der Waals surface area contributed by atoms with Gasteiger partial charge in [-0.15, -0.1) is 0 Å². The van der Waals surface area contributed by atoms with Crippen LogP contribution in [-0.4, -0.2) is 40.1 Å². The number of hydrogen-bond donors (Lipinski definition) is 0. The minimum absolute atomic E-state index is 0.0166. The Bertz CT molecular complexity index is 670. The molecule has 1 saturated heterocycles. The molecule has 0 aliphatic carbocycles. The summed E-state index contributed by atoms with van der Waals surface area (Å²) in [6.45, 7) is 6.79. The van der Waals surface area contributed by atoms with Gasteiger partial charge in [0.2, 0.25) is 11.8 Å². The number of carbonyl (C=O) groups is 1. The van der Waals surface area contributed by atoms with Crippen LogP contribution in [0.25, 0.3) is 0 Å². The van der Waals surface area contributed by atoms with Crippen molar-refractivity contribution in [1.29, 1.82) is 0 Å². The largest absolute Gasteiger partial charge is 0.471 e. The number of hydrogen-bond acceptors (Lipinski definition) is 5. The van der Waals surface area contributed by atoms with E-state index in [-0.39, 0.29) is 12.0 Å². The first-order valence-corrected chi connectivity index (χ1v) is 7.33. The molecule has 0 N–H and O–H groups in total. The third-order valence-electron chi connectivity index (χ3n) is 3.86. The van der Waals surface area contributed by atoms with Crippen molar-refractivity contribution in [2.75, 3.05) is 13.1 Å². The van der Waals surface area contributed by atoms with Crippen molar-refractivity contribution in [2.45, 2.75) is 33.3 Å². The van der Waals surface area contributed by atoms with Gasteiger partial charge in [0.05, 0.1) is 25.2 Å². The van der Waals surface area contributed by atoms with Crippen LogP contribution in [0.2, 0.25) is 0 Å². The van der Waals surface area contributed by atoms with Gasteiger partial charge in [0.15, 0.2) is 0 Å². The molecular weight excluding hydrogens is 282 g/mol. The molecule has 1 aliphatic heterocycles. The van der Waals surface area contributed by atoms with E-state index >= 15 is 0 Å². The third-order valence-corrected chi connectivity index (χ3v) is 3.86. The number of ether oxygens (including phenoxy) is 1. The fraction of sp³-hybridized carbons (Fsp3) is 0.438. The zero-order valence-electron chi connectivity index (χ0n) is 13.0. The van der Waals surface area contributed by atoms with Crippen molar-refractivity contribution >= 4 is 5.91 Å². The van der Waals surface area contributed by atoms with Crippen molar-refractivity contribution in [3.05, 3.63) is 40.9 Å². The minimum atomic E-state index is 0.0166. The Morgan fingerprint density at radius 1 is 1.36 bits per heavy atom. The minimum Gasteiger partial charge on any atom is -0.471 e. The first kappa shape index (κ1) is 14.6. The van der Waals surface area contributed by atoms with Crippen molar-refractivity contribution in [2.24, 2.45) is 0 Å². The number of amides is 1. The zero-order valence-corrected chi connectivity index (χ0v) is 13.0. The van der Waals surface area contributed by atoms with Crippen molar-refractivity contribution in [1.82, 2.24) is 15.0 Å². The Morgan fingerprint density at radius 2 is 2.14 bits per heavy atom. The zero-order chi connectivity index (χ0) is 15.7. The lowest BCUT2D eigenvalue weighted by Gasteiger charge is -2.38. The molecule has 0 bridgehead atoms. The van der Waals surface area contributed by atoms with Crippen LogP contribution in [0.3, 0.4) is 0 Å². The Balaban J connectivity index is 1.52. The summed E-state index contributed by atoms with van der Waals surface area (Å²) < 4.78 is 10.8. The molecule has 0 aromatic carbocycles. The highest BCUT2D eigenvalue weighted by Gasteiger charge is 2.33. The summed E-state index contributed by atoms with van der Waals surface area (Å²) in [7, 11) is 0. The maximum atomic E-state index is 12.2. The average molecular weight is 301 g/mol. The predicted molar refractivity (Wildman–Crippen MR) is 79.7 cm³/mol. The number of pyridine rings is 1.